The molecule has 2 atom stereocenters. The predicted octanol–water partition coefficient (Wildman–Crippen LogP) is 1.05. The lowest BCUT2D eigenvalue weighted by molar-refractivity contribution is -0.158. The summed E-state index contributed by atoms with van der Waals surface area (Å²) in [6, 6.07) is 0.113. The normalized spacial score (nSPS) is 24.1. The van der Waals surface area contributed by atoms with E-state index in [1.54, 1.807) is 4.90 Å². The third-order valence-corrected chi connectivity index (χ3v) is 7.04. The van der Waals surface area contributed by atoms with E-state index in [4.69, 9.17) is 0 Å². The van der Waals surface area contributed by atoms with Gasteiger partial charge in [-0.15, -0.1) is 0 Å². The van der Waals surface area contributed by atoms with E-state index in [0.717, 1.165) is 16.4 Å². The minimum absolute atomic E-state index is 0.224. The van der Waals surface area contributed by atoms with Gasteiger partial charge in [0.05, 0.1) is 0 Å². The van der Waals surface area contributed by atoms with Crippen LogP contribution in [-0.2, 0) is 19.6 Å². The molecule has 0 aliphatic carbocycles. The summed E-state index contributed by atoms with van der Waals surface area (Å²) in [4.78, 5) is 27.9. The van der Waals surface area contributed by atoms with Crippen molar-refractivity contribution in [1.82, 2.24) is 14.1 Å². The second-order valence-corrected chi connectivity index (χ2v) is 9.41. The molecule has 0 bridgehead atoms. The van der Waals surface area contributed by atoms with Gasteiger partial charge in [-0.05, 0) is 25.0 Å². The largest absolute Gasteiger partial charge is 0.339 e. The van der Waals surface area contributed by atoms with Crippen LogP contribution in [0.3, 0.4) is 0 Å². The van der Waals surface area contributed by atoms with Gasteiger partial charge in [0.25, 0.3) is 0 Å². The Bertz CT molecular complexity index is 906. The van der Waals surface area contributed by atoms with Gasteiger partial charge in [-0.3, -0.25) is 9.59 Å². The number of rotatable bonds is 4. The molecule has 3 rings (SSSR count). The van der Waals surface area contributed by atoms with Crippen molar-refractivity contribution >= 4 is 21.8 Å². The predicted molar refractivity (Wildman–Crippen MR) is 96.6 cm³/mol. The number of nitrogens with zero attached hydrogens (tertiary/aromatic N) is 3. The van der Waals surface area contributed by atoms with Crippen molar-refractivity contribution in [2.45, 2.75) is 37.8 Å². The van der Waals surface area contributed by atoms with Crippen LogP contribution < -0.4 is 0 Å². The van der Waals surface area contributed by atoms with E-state index in [0.29, 0.717) is 25.7 Å². The van der Waals surface area contributed by atoms with Crippen LogP contribution in [0.4, 0.5) is 8.78 Å². The molecular weight excluding hydrogens is 392 g/mol. The quantitative estimate of drug-likeness (QED) is 0.737. The fourth-order valence-electron chi connectivity index (χ4n) is 3.71. The van der Waals surface area contributed by atoms with Crippen molar-refractivity contribution in [2.24, 2.45) is 5.92 Å². The van der Waals surface area contributed by atoms with Crippen LogP contribution in [0.2, 0.25) is 0 Å². The Morgan fingerprint density at radius 2 is 1.82 bits per heavy atom. The van der Waals surface area contributed by atoms with Crippen molar-refractivity contribution in [2.75, 3.05) is 26.2 Å². The van der Waals surface area contributed by atoms with Crippen LogP contribution >= 0.6 is 0 Å². The molecule has 0 saturated carbocycles. The number of benzene rings is 1. The minimum Gasteiger partial charge on any atom is -0.339 e. The van der Waals surface area contributed by atoms with Crippen LogP contribution in [0, 0.1) is 17.6 Å². The highest BCUT2D eigenvalue weighted by Crippen LogP contribution is 2.29. The van der Waals surface area contributed by atoms with E-state index >= 15 is 0 Å². The van der Waals surface area contributed by atoms with Gasteiger partial charge >= 0.3 is 0 Å². The lowest BCUT2D eigenvalue weighted by atomic mass is 10.0. The van der Waals surface area contributed by atoms with Gasteiger partial charge in [-0.2, -0.15) is 4.31 Å². The highest BCUT2D eigenvalue weighted by Gasteiger charge is 2.49. The maximum atomic E-state index is 14.1. The molecule has 1 aromatic rings. The standard InChI is InChI=1S/C18H23F2N3O4S/c1-11(2)9-21-6-7-22-15(18(21)25)10-23(12(3)17(22)24)28(26,27)16-5-4-13(19)8-14(16)20/h4-5,8,11-12,15H,6-7,9-10H2,1-3H3/t12-,15-/m0/s1. The fourth-order valence-corrected chi connectivity index (χ4v) is 5.35. The van der Waals surface area contributed by atoms with Gasteiger partial charge < -0.3 is 9.80 Å². The maximum Gasteiger partial charge on any atom is 0.246 e. The Labute approximate surface area is 162 Å². The van der Waals surface area contributed by atoms with Crippen molar-refractivity contribution in [3.05, 3.63) is 29.8 Å². The van der Waals surface area contributed by atoms with E-state index in [-0.39, 0.29) is 18.4 Å². The third kappa shape index (κ3) is 3.50. The van der Waals surface area contributed by atoms with Gasteiger partial charge in [0.1, 0.15) is 28.6 Å². The summed E-state index contributed by atoms with van der Waals surface area (Å²) in [6.45, 7) is 6.29. The molecule has 2 aliphatic heterocycles. The molecule has 0 aromatic heterocycles. The maximum absolute atomic E-state index is 14.1. The molecule has 7 nitrogen and oxygen atoms in total. The molecular formula is C18H23F2N3O4S. The van der Waals surface area contributed by atoms with Crippen LogP contribution in [-0.4, -0.2) is 72.6 Å². The Hall–Kier alpha value is -2.07. The molecule has 0 radical (unpaired) electrons. The van der Waals surface area contributed by atoms with E-state index in [9.17, 15) is 26.8 Å². The molecule has 10 heteroatoms. The Balaban J connectivity index is 1.94. The molecule has 28 heavy (non-hydrogen) atoms. The smallest absolute Gasteiger partial charge is 0.246 e. The molecule has 0 unspecified atom stereocenters. The molecule has 0 N–H and O–H groups in total. The first kappa shape index (κ1) is 20.7. The number of hydrogen-bond acceptors (Lipinski definition) is 4. The molecule has 2 aliphatic rings. The minimum atomic E-state index is -4.43. The summed E-state index contributed by atoms with van der Waals surface area (Å²) < 4.78 is 54.1. The van der Waals surface area contributed by atoms with Gasteiger partial charge in [0.2, 0.25) is 21.8 Å². The molecule has 2 fully saturated rings. The van der Waals surface area contributed by atoms with Crippen LogP contribution in [0.15, 0.2) is 23.1 Å². The lowest BCUT2D eigenvalue weighted by Crippen LogP contribution is -2.69. The zero-order chi connectivity index (χ0) is 20.8. The first-order chi connectivity index (χ1) is 13.0. The highest BCUT2D eigenvalue weighted by molar-refractivity contribution is 7.89. The second-order valence-electron chi connectivity index (χ2n) is 7.55. The Morgan fingerprint density at radius 3 is 2.43 bits per heavy atom. The lowest BCUT2D eigenvalue weighted by Gasteiger charge is -2.48. The summed E-state index contributed by atoms with van der Waals surface area (Å²) in [5, 5.41) is 0. The SMILES string of the molecule is CC(C)CN1CCN2C(=O)[C@H](C)N(S(=O)(=O)c3ccc(F)cc3F)C[C@H]2C1=O. The Kier molecular flexibility index (Phi) is 5.46. The number of carbonyl (C=O) groups is 2. The average molecular weight is 415 g/mol. The van der Waals surface area contributed by atoms with E-state index in [1.165, 1.54) is 11.8 Å². The first-order valence-electron chi connectivity index (χ1n) is 9.10. The van der Waals surface area contributed by atoms with Crippen molar-refractivity contribution in [3.63, 3.8) is 0 Å². The topological polar surface area (TPSA) is 78.0 Å². The Morgan fingerprint density at radius 1 is 1.14 bits per heavy atom. The summed E-state index contributed by atoms with van der Waals surface area (Å²) in [7, 11) is -4.43. The average Bonchev–Trinajstić information content (AvgIpc) is 2.59. The number of hydrogen-bond donors (Lipinski definition) is 0. The second kappa shape index (κ2) is 7.40. The van der Waals surface area contributed by atoms with Crippen LogP contribution in [0.1, 0.15) is 20.8 Å². The number of piperazine rings is 2. The highest BCUT2D eigenvalue weighted by atomic mass is 32.2. The molecule has 2 saturated heterocycles. The summed E-state index contributed by atoms with van der Waals surface area (Å²) in [5.74, 6) is -2.74. The van der Waals surface area contributed by atoms with Crippen molar-refractivity contribution in [3.8, 4) is 0 Å². The number of halogens is 2. The zero-order valence-electron chi connectivity index (χ0n) is 15.9. The van der Waals surface area contributed by atoms with Crippen LogP contribution in [0.5, 0.6) is 0 Å². The van der Waals surface area contributed by atoms with Crippen molar-refractivity contribution < 1.29 is 26.8 Å². The number of carbonyl (C=O) groups excluding carboxylic acids is 2. The van der Waals surface area contributed by atoms with Gasteiger partial charge in [-0.25, -0.2) is 17.2 Å². The van der Waals surface area contributed by atoms with E-state index in [2.05, 4.69) is 0 Å². The number of fused-ring (bicyclic) bond motifs is 1. The van der Waals surface area contributed by atoms with Gasteiger partial charge in [0, 0.05) is 32.2 Å². The van der Waals surface area contributed by atoms with Gasteiger partial charge in [-0.1, -0.05) is 13.8 Å². The van der Waals surface area contributed by atoms with Gasteiger partial charge in [0.15, 0.2) is 0 Å². The monoisotopic (exact) mass is 415 g/mol. The molecule has 2 heterocycles. The molecule has 154 valence electrons. The van der Waals surface area contributed by atoms with Crippen molar-refractivity contribution in [1.29, 1.82) is 0 Å². The molecule has 1 aromatic carbocycles. The summed E-state index contributed by atoms with van der Waals surface area (Å²) in [5.41, 5.74) is 0. The summed E-state index contributed by atoms with van der Waals surface area (Å²) in [6.07, 6.45) is 0. The number of amides is 2. The first-order valence-corrected chi connectivity index (χ1v) is 10.5. The molecule has 0 spiro atoms. The van der Waals surface area contributed by atoms with E-state index < -0.39 is 44.5 Å². The molecule has 2 amide bonds. The third-order valence-electron chi connectivity index (χ3n) is 5.08. The summed E-state index contributed by atoms with van der Waals surface area (Å²) >= 11 is 0. The number of sulfonamides is 1. The fraction of sp³-hybridized carbons (Fsp3) is 0.556. The van der Waals surface area contributed by atoms with Crippen LogP contribution in [0.25, 0.3) is 0 Å². The van der Waals surface area contributed by atoms with E-state index in [1.807, 2.05) is 13.8 Å². The zero-order valence-corrected chi connectivity index (χ0v) is 16.7.